The average Bonchev–Trinajstić information content (AvgIpc) is 1.82. The lowest BCUT2D eigenvalue weighted by Crippen LogP contribution is -2.37. The molecule has 0 aliphatic heterocycles. The molecule has 0 aliphatic carbocycles. The van der Waals surface area contributed by atoms with E-state index in [4.69, 9.17) is 5.11 Å². The van der Waals surface area contributed by atoms with E-state index in [2.05, 4.69) is 0 Å². The second kappa shape index (κ2) is 4.30. The Morgan fingerprint density at radius 2 is 2.00 bits per heavy atom. The predicted molar refractivity (Wildman–Crippen MR) is 35.8 cm³/mol. The van der Waals surface area contributed by atoms with Crippen LogP contribution in [0.4, 0.5) is 13.2 Å². The third kappa shape index (κ3) is 5.96. The monoisotopic (exact) mass is 185 g/mol. The maximum absolute atomic E-state index is 11.7. The first-order valence-electron chi connectivity index (χ1n) is 3.36. The van der Waals surface area contributed by atoms with E-state index in [0.717, 1.165) is 4.90 Å². The molecule has 0 bridgehead atoms. The van der Waals surface area contributed by atoms with Crippen molar-refractivity contribution in [3.8, 4) is 0 Å². The van der Waals surface area contributed by atoms with Crippen molar-refractivity contribution in [2.24, 2.45) is 0 Å². The molecule has 0 spiro atoms. The molecule has 72 valence electrons. The number of aliphatic carboxylic acids is 1. The molecule has 0 atom stereocenters. The highest BCUT2D eigenvalue weighted by Gasteiger charge is 2.30. The Morgan fingerprint density at radius 3 is 2.25 bits per heavy atom. The third-order valence-electron chi connectivity index (χ3n) is 1.21. The molecule has 0 heterocycles. The van der Waals surface area contributed by atoms with Crippen molar-refractivity contribution in [1.82, 2.24) is 4.90 Å². The summed E-state index contributed by atoms with van der Waals surface area (Å²) in [6.07, 6.45) is -4.33. The van der Waals surface area contributed by atoms with E-state index in [1.165, 1.54) is 6.92 Å². The highest BCUT2D eigenvalue weighted by Crippen LogP contribution is 2.15. The lowest BCUT2D eigenvalue weighted by atomic mass is 10.4. The molecule has 3 nitrogen and oxygen atoms in total. The number of rotatable bonds is 4. The van der Waals surface area contributed by atoms with Gasteiger partial charge < -0.3 is 5.11 Å². The molecule has 0 aromatic heterocycles. The Kier molecular flexibility index (Phi) is 4.02. The molecular formula is C6H10F3NO2. The van der Waals surface area contributed by atoms with Crippen LogP contribution >= 0.6 is 0 Å². The first-order chi connectivity index (χ1) is 5.35. The second-order valence-electron chi connectivity index (χ2n) is 2.31. The fourth-order valence-corrected chi connectivity index (χ4v) is 0.724. The van der Waals surface area contributed by atoms with Crippen LogP contribution in [0.1, 0.15) is 6.92 Å². The summed E-state index contributed by atoms with van der Waals surface area (Å²) in [5, 5.41) is 8.20. The van der Waals surface area contributed by atoms with Gasteiger partial charge >= 0.3 is 12.1 Å². The number of carboxylic acid groups (broad SMARTS) is 1. The first-order valence-corrected chi connectivity index (χ1v) is 3.36. The van der Waals surface area contributed by atoms with Gasteiger partial charge in [-0.3, -0.25) is 9.69 Å². The number of alkyl halides is 3. The Hall–Kier alpha value is -0.780. The summed E-state index contributed by atoms with van der Waals surface area (Å²) in [5.41, 5.74) is 0. The zero-order valence-corrected chi connectivity index (χ0v) is 6.56. The van der Waals surface area contributed by atoms with Gasteiger partial charge in [0.25, 0.3) is 0 Å². The molecule has 0 amide bonds. The van der Waals surface area contributed by atoms with Crippen LogP contribution in [-0.2, 0) is 4.79 Å². The van der Waals surface area contributed by atoms with E-state index < -0.39 is 25.2 Å². The minimum Gasteiger partial charge on any atom is -0.480 e. The minimum atomic E-state index is -4.33. The van der Waals surface area contributed by atoms with Gasteiger partial charge in [-0.2, -0.15) is 13.2 Å². The van der Waals surface area contributed by atoms with E-state index in [9.17, 15) is 18.0 Å². The molecule has 0 aliphatic rings. The van der Waals surface area contributed by atoms with Crippen LogP contribution in [0, 0.1) is 0 Å². The molecule has 1 N–H and O–H groups in total. The third-order valence-corrected chi connectivity index (χ3v) is 1.21. The van der Waals surface area contributed by atoms with Crippen LogP contribution in [0.3, 0.4) is 0 Å². The average molecular weight is 185 g/mol. The van der Waals surface area contributed by atoms with Gasteiger partial charge in [-0.25, -0.2) is 0 Å². The number of likely N-dealkylation sites (N-methyl/N-ethyl adjacent to an activating group) is 1. The quantitative estimate of drug-likeness (QED) is 0.709. The number of halogens is 3. The van der Waals surface area contributed by atoms with Crippen molar-refractivity contribution in [3.05, 3.63) is 0 Å². The van der Waals surface area contributed by atoms with E-state index in [1.54, 1.807) is 0 Å². The minimum absolute atomic E-state index is 0.0752. The smallest absolute Gasteiger partial charge is 0.401 e. The normalized spacial score (nSPS) is 12.1. The zero-order valence-electron chi connectivity index (χ0n) is 6.56. The summed E-state index contributed by atoms with van der Waals surface area (Å²) in [6, 6.07) is 0. The molecule has 0 unspecified atom stereocenters. The van der Waals surface area contributed by atoms with Crippen molar-refractivity contribution in [2.45, 2.75) is 13.1 Å². The van der Waals surface area contributed by atoms with Crippen LogP contribution in [0.15, 0.2) is 0 Å². The summed E-state index contributed by atoms with van der Waals surface area (Å²) >= 11 is 0. The topological polar surface area (TPSA) is 40.5 Å². The summed E-state index contributed by atoms with van der Waals surface area (Å²) in [4.78, 5) is 10.9. The van der Waals surface area contributed by atoms with Crippen molar-refractivity contribution in [2.75, 3.05) is 19.6 Å². The summed E-state index contributed by atoms with van der Waals surface area (Å²) < 4.78 is 35.1. The maximum atomic E-state index is 11.7. The maximum Gasteiger partial charge on any atom is 0.401 e. The molecule has 0 radical (unpaired) electrons. The second-order valence-corrected chi connectivity index (χ2v) is 2.31. The van der Waals surface area contributed by atoms with Crippen molar-refractivity contribution >= 4 is 5.97 Å². The van der Waals surface area contributed by atoms with E-state index >= 15 is 0 Å². The zero-order chi connectivity index (χ0) is 9.78. The van der Waals surface area contributed by atoms with E-state index in [-0.39, 0.29) is 6.54 Å². The Morgan fingerprint density at radius 1 is 1.50 bits per heavy atom. The van der Waals surface area contributed by atoms with Crippen LogP contribution in [0.2, 0.25) is 0 Å². The van der Waals surface area contributed by atoms with Crippen LogP contribution in [0.5, 0.6) is 0 Å². The molecular weight excluding hydrogens is 175 g/mol. The van der Waals surface area contributed by atoms with Gasteiger partial charge in [0.2, 0.25) is 0 Å². The number of carbonyl (C=O) groups is 1. The SMILES string of the molecule is CCN(CC(=O)O)CC(F)(F)F. The molecule has 6 heteroatoms. The summed E-state index contributed by atoms with van der Waals surface area (Å²) in [5.74, 6) is -1.25. The van der Waals surface area contributed by atoms with Crippen molar-refractivity contribution in [3.63, 3.8) is 0 Å². The molecule has 12 heavy (non-hydrogen) atoms. The van der Waals surface area contributed by atoms with Crippen LogP contribution in [-0.4, -0.2) is 41.8 Å². The van der Waals surface area contributed by atoms with Gasteiger partial charge in [-0.05, 0) is 6.54 Å². The van der Waals surface area contributed by atoms with Gasteiger partial charge in [0.1, 0.15) is 0 Å². The number of carboxylic acids is 1. The number of hydrogen-bond donors (Lipinski definition) is 1. The number of hydrogen-bond acceptors (Lipinski definition) is 2. The molecule has 0 saturated carbocycles. The molecule has 0 rings (SSSR count). The Labute approximate surface area is 67.8 Å². The van der Waals surface area contributed by atoms with Gasteiger partial charge in [0.05, 0.1) is 13.1 Å². The Balaban J connectivity index is 3.92. The Bertz CT molecular complexity index is 157. The fourth-order valence-electron chi connectivity index (χ4n) is 0.724. The van der Waals surface area contributed by atoms with Gasteiger partial charge in [-0.15, -0.1) is 0 Å². The van der Waals surface area contributed by atoms with E-state index in [1.807, 2.05) is 0 Å². The summed E-state index contributed by atoms with van der Waals surface area (Å²) in [6.45, 7) is -0.188. The lowest BCUT2D eigenvalue weighted by molar-refractivity contribution is -0.153. The molecule has 0 fully saturated rings. The predicted octanol–water partition coefficient (Wildman–Crippen LogP) is 0.955. The highest BCUT2D eigenvalue weighted by atomic mass is 19.4. The van der Waals surface area contributed by atoms with Crippen LogP contribution < -0.4 is 0 Å². The van der Waals surface area contributed by atoms with Gasteiger partial charge in [0.15, 0.2) is 0 Å². The van der Waals surface area contributed by atoms with E-state index in [0.29, 0.717) is 0 Å². The molecule has 0 aromatic rings. The van der Waals surface area contributed by atoms with Gasteiger partial charge in [-0.1, -0.05) is 6.92 Å². The molecule has 0 aromatic carbocycles. The number of nitrogens with zero attached hydrogens (tertiary/aromatic N) is 1. The molecule has 0 saturated heterocycles. The first kappa shape index (κ1) is 11.2. The highest BCUT2D eigenvalue weighted by molar-refractivity contribution is 5.69. The van der Waals surface area contributed by atoms with Crippen molar-refractivity contribution in [1.29, 1.82) is 0 Å². The lowest BCUT2D eigenvalue weighted by Gasteiger charge is -2.19. The van der Waals surface area contributed by atoms with Crippen molar-refractivity contribution < 1.29 is 23.1 Å². The summed E-state index contributed by atoms with van der Waals surface area (Å²) in [7, 11) is 0. The fraction of sp³-hybridized carbons (Fsp3) is 0.833. The largest absolute Gasteiger partial charge is 0.480 e. The standard InChI is InChI=1S/C6H10F3NO2/c1-2-10(3-5(11)12)4-6(7,8)9/h2-4H2,1H3,(H,11,12). The van der Waals surface area contributed by atoms with Gasteiger partial charge in [0, 0.05) is 0 Å². The van der Waals surface area contributed by atoms with Crippen LogP contribution in [0.25, 0.3) is 0 Å².